The first-order chi connectivity index (χ1) is 6.72. The fourth-order valence-corrected chi connectivity index (χ4v) is 2.03. The molecule has 1 N–H and O–H groups in total. The van der Waals surface area contributed by atoms with Crippen molar-refractivity contribution in [2.75, 3.05) is 26.7 Å². The molecule has 1 aliphatic rings. The third-order valence-electron chi connectivity index (χ3n) is 3.05. The van der Waals surface area contributed by atoms with Gasteiger partial charge < -0.3 is 10.2 Å². The minimum Gasteiger partial charge on any atom is -0.314 e. The zero-order valence-electron chi connectivity index (χ0n) is 9.63. The summed E-state index contributed by atoms with van der Waals surface area (Å²) in [6.07, 6.45) is 5.70. The number of allylic oxidation sites excluding steroid dienone is 1. The van der Waals surface area contributed by atoms with Crippen LogP contribution in [0, 0.1) is 5.92 Å². The summed E-state index contributed by atoms with van der Waals surface area (Å²) in [5.74, 6) is 0.867. The third kappa shape index (κ3) is 4.25. The molecule has 0 spiro atoms. The normalized spacial score (nSPS) is 25.1. The first kappa shape index (κ1) is 11.7. The Bertz CT molecular complexity index is 168. The van der Waals surface area contributed by atoms with E-state index in [4.69, 9.17) is 0 Å². The lowest BCUT2D eigenvalue weighted by Crippen LogP contribution is -2.32. The first-order valence-electron chi connectivity index (χ1n) is 5.75. The van der Waals surface area contributed by atoms with E-state index in [9.17, 15) is 0 Å². The Balaban J connectivity index is 2.04. The van der Waals surface area contributed by atoms with Gasteiger partial charge in [0.1, 0.15) is 0 Å². The summed E-state index contributed by atoms with van der Waals surface area (Å²) in [7, 11) is 2.21. The molecule has 0 aliphatic carbocycles. The average Bonchev–Trinajstić information content (AvgIpc) is 2.58. The molecule has 0 saturated carbocycles. The molecule has 1 rings (SSSR count). The maximum absolute atomic E-state index is 3.75. The van der Waals surface area contributed by atoms with E-state index in [0.717, 1.165) is 12.3 Å². The van der Waals surface area contributed by atoms with Gasteiger partial charge in [0.15, 0.2) is 0 Å². The molecule has 0 aromatic heterocycles. The van der Waals surface area contributed by atoms with Crippen molar-refractivity contribution >= 4 is 0 Å². The molecule has 2 atom stereocenters. The lowest BCUT2D eigenvalue weighted by Gasteiger charge is -2.16. The van der Waals surface area contributed by atoms with Crippen molar-refractivity contribution in [3.63, 3.8) is 0 Å². The molecule has 1 heterocycles. The number of nitrogens with one attached hydrogen (secondary N) is 1. The Morgan fingerprint density at radius 1 is 1.64 bits per heavy atom. The predicted octanol–water partition coefficient (Wildman–Crippen LogP) is 1.88. The second-order valence-electron chi connectivity index (χ2n) is 4.59. The highest BCUT2D eigenvalue weighted by atomic mass is 15.1. The van der Waals surface area contributed by atoms with Gasteiger partial charge in [-0.15, -0.1) is 6.58 Å². The van der Waals surface area contributed by atoms with Gasteiger partial charge in [-0.05, 0) is 52.2 Å². The summed E-state index contributed by atoms with van der Waals surface area (Å²) in [5, 5.41) is 3.61. The summed E-state index contributed by atoms with van der Waals surface area (Å²) >= 11 is 0. The predicted molar refractivity (Wildman–Crippen MR) is 62.5 cm³/mol. The van der Waals surface area contributed by atoms with Gasteiger partial charge in [-0.1, -0.05) is 6.08 Å². The van der Waals surface area contributed by atoms with Crippen molar-refractivity contribution in [1.82, 2.24) is 10.2 Å². The maximum Gasteiger partial charge on any atom is 0.00417 e. The van der Waals surface area contributed by atoms with Crippen LogP contribution in [-0.4, -0.2) is 37.6 Å². The van der Waals surface area contributed by atoms with Crippen LogP contribution in [0.1, 0.15) is 26.2 Å². The highest BCUT2D eigenvalue weighted by Crippen LogP contribution is 2.13. The van der Waals surface area contributed by atoms with Crippen molar-refractivity contribution < 1.29 is 0 Å². The molecule has 82 valence electrons. The summed E-state index contributed by atoms with van der Waals surface area (Å²) in [4.78, 5) is 2.42. The number of hydrogen-bond donors (Lipinski definition) is 1. The van der Waals surface area contributed by atoms with Gasteiger partial charge in [0, 0.05) is 12.6 Å². The van der Waals surface area contributed by atoms with Crippen LogP contribution >= 0.6 is 0 Å². The number of rotatable bonds is 6. The average molecular weight is 196 g/mol. The molecule has 1 fully saturated rings. The van der Waals surface area contributed by atoms with Crippen LogP contribution in [0.3, 0.4) is 0 Å². The van der Waals surface area contributed by atoms with E-state index in [-0.39, 0.29) is 0 Å². The highest BCUT2D eigenvalue weighted by Gasteiger charge is 2.19. The zero-order chi connectivity index (χ0) is 10.4. The Morgan fingerprint density at radius 3 is 3.00 bits per heavy atom. The van der Waals surface area contributed by atoms with Gasteiger partial charge in [-0.3, -0.25) is 0 Å². The molecule has 2 nitrogen and oxygen atoms in total. The molecule has 1 saturated heterocycles. The van der Waals surface area contributed by atoms with Crippen molar-refractivity contribution in [2.24, 2.45) is 5.92 Å². The van der Waals surface area contributed by atoms with E-state index < -0.39 is 0 Å². The van der Waals surface area contributed by atoms with E-state index >= 15 is 0 Å². The van der Waals surface area contributed by atoms with Crippen LogP contribution in [0.4, 0.5) is 0 Å². The fraction of sp³-hybridized carbons (Fsp3) is 0.833. The standard InChI is InChI=1S/C12H24N2/c1-4-5-6-11(2)13-9-12-7-8-14(3)10-12/h4,11-13H,1,5-10H2,2-3H3. The monoisotopic (exact) mass is 196 g/mol. The van der Waals surface area contributed by atoms with Gasteiger partial charge in [-0.2, -0.15) is 0 Å². The second-order valence-corrected chi connectivity index (χ2v) is 4.59. The molecule has 1 aliphatic heterocycles. The molecular formula is C12H24N2. The van der Waals surface area contributed by atoms with Gasteiger partial charge in [0.05, 0.1) is 0 Å². The second kappa shape index (κ2) is 6.20. The van der Waals surface area contributed by atoms with Crippen LogP contribution in [-0.2, 0) is 0 Å². The Morgan fingerprint density at radius 2 is 2.43 bits per heavy atom. The third-order valence-corrected chi connectivity index (χ3v) is 3.05. The molecule has 0 bridgehead atoms. The van der Waals surface area contributed by atoms with Crippen molar-refractivity contribution in [3.05, 3.63) is 12.7 Å². The summed E-state index contributed by atoms with van der Waals surface area (Å²) in [6.45, 7) is 9.73. The molecular weight excluding hydrogens is 172 g/mol. The summed E-state index contributed by atoms with van der Waals surface area (Å²) < 4.78 is 0. The lowest BCUT2D eigenvalue weighted by atomic mass is 10.1. The fourth-order valence-electron chi connectivity index (χ4n) is 2.03. The Hall–Kier alpha value is -0.340. The largest absolute Gasteiger partial charge is 0.314 e. The van der Waals surface area contributed by atoms with Gasteiger partial charge in [-0.25, -0.2) is 0 Å². The SMILES string of the molecule is C=CCCC(C)NCC1CCN(C)C1. The smallest absolute Gasteiger partial charge is 0.00417 e. The molecule has 2 heteroatoms. The quantitative estimate of drug-likeness (QED) is 0.653. The van der Waals surface area contributed by atoms with Crippen LogP contribution in [0.15, 0.2) is 12.7 Å². The zero-order valence-corrected chi connectivity index (χ0v) is 9.63. The number of hydrogen-bond acceptors (Lipinski definition) is 2. The van der Waals surface area contributed by atoms with Crippen LogP contribution in [0.25, 0.3) is 0 Å². The molecule has 2 unspecified atom stereocenters. The molecule has 0 aromatic rings. The van der Waals surface area contributed by atoms with E-state index in [2.05, 4.69) is 30.8 Å². The van der Waals surface area contributed by atoms with E-state index in [1.165, 1.54) is 32.5 Å². The maximum atomic E-state index is 3.75. The van der Waals surface area contributed by atoms with E-state index in [1.54, 1.807) is 0 Å². The van der Waals surface area contributed by atoms with Crippen molar-refractivity contribution in [3.8, 4) is 0 Å². The van der Waals surface area contributed by atoms with Gasteiger partial charge in [0.25, 0.3) is 0 Å². The number of likely N-dealkylation sites (tertiary alicyclic amines) is 1. The van der Waals surface area contributed by atoms with Crippen LogP contribution in [0.2, 0.25) is 0 Å². The van der Waals surface area contributed by atoms with Crippen LogP contribution in [0.5, 0.6) is 0 Å². The topological polar surface area (TPSA) is 15.3 Å². The highest BCUT2D eigenvalue weighted by molar-refractivity contribution is 4.77. The van der Waals surface area contributed by atoms with Gasteiger partial charge in [0.2, 0.25) is 0 Å². The van der Waals surface area contributed by atoms with Crippen molar-refractivity contribution in [2.45, 2.75) is 32.2 Å². The first-order valence-corrected chi connectivity index (χ1v) is 5.75. The minimum atomic E-state index is 0.638. The Labute approximate surface area is 88.4 Å². The van der Waals surface area contributed by atoms with E-state index in [1.807, 2.05) is 6.08 Å². The molecule has 0 amide bonds. The Kier molecular flexibility index (Phi) is 5.20. The summed E-state index contributed by atoms with van der Waals surface area (Å²) in [6, 6.07) is 0.638. The lowest BCUT2D eigenvalue weighted by molar-refractivity contribution is 0.378. The molecule has 14 heavy (non-hydrogen) atoms. The summed E-state index contributed by atoms with van der Waals surface area (Å²) in [5.41, 5.74) is 0. The molecule has 0 radical (unpaired) electrons. The van der Waals surface area contributed by atoms with Crippen molar-refractivity contribution in [1.29, 1.82) is 0 Å². The molecule has 0 aromatic carbocycles. The minimum absolute atomic E-state index is 0.638. The van der Waals surface area contributed by atoms with Gasteiger partial charge >= 0.3 is 0 Å². The van der Waals surface area contributed by atoms with E-state index in [0.29, 0.717) is 6.04 Å². The number of nitrogens with zero attached hydrogens (tertiary/aromatic N) is 1. The van der Waals surface area contributed by atoms with Crippen LogP contribution < -0.4 is 5.32 Å².